The zero-order valence-electron chi connectivity index (χ0n) is 17.8. The van der Waals surface area contributed by atoms with Crippen molar-refractivity contribution in [3.63, 3.8) is 0 Å². The molecule has 2 aliphatic heterocycles. The summed E-state index contributed by atoms with van der Waals surface area (Å²) < 4.78 is 27.6. The molecule has 2 unspecified atom stereocenters. The van der Waals surface area contributed by atoms with E-state index in [1.165, 1.54) is 18.5 Å². The fourth-order valence-corrected chi connectivity index (χ4v) is 5.02. The van der Waals surface area contributed by atoms with Gasteiger partial charge in [0.15, 0.2) is 6.10 Å². The van der Waals surface area contributed by atoms with E-state index in [9.17, 15) is 4.39 Å². The number of nitrogens with one attached hydrogen (secondary N) is 1. The molecule has 0 spiro atoms. The Kier molecular flexibility index (Phi) is 4.97. The molecule has 0 saturated heterocycles. The molecule has 9 heteroatoms. The Morgan fingerprint density at radius 1 is 1.06 bits per heavy atom. The van der Waals surface area contributed by atoms with E-state index in [1.54, 1.807) is 36.1 Å². The summed E-state index contributed by atoms with van der Waals surface area (Å²) in [7, 11) is 1.61. The lowest BCUT2D eigenvalue weighted by Crippen LogP contribution is -2.32. The average Bonchev–Trinajstić information content (AvgIpc) is 3.31. The first-order valence-corrected chi connectivity index (χ1v) is 11.2. The number of anilines is 1. The van der Waals surface area contributed by atoms with Crippen LogP contribution in [-0.2, 0) is 0 Å². The summed E-state index contributed by atoms with van der Waals surface area (Å²) in [6, 6.07) is 16.8. The van der Waals surface area contributed by atoms with E-state index < -0.39 is 12.1 Å². The summed E-state index contributed by atoms with van der Waals surface area (Å²) in [5, 5.41) is 8.88. The van der Waals surface area contributed by atoms with Gasteiger partial charge in [-0.3, -0.25) is 0 Å². The smallest absolute Gasteiger partial charge is 0.226 e. The molecule has 6 rings (SSSR count). The fraction of sp³-hybridized carbons (Fsp3) is 0.120. The minimum absolute atomic E-state index is 0.321. The largest absolute Gasteiger partial charge is 0.497 e. The van der Waals surface area contributed by atoms with E-state index in [1.807, 2.05) is 24.3 Å². The van der Waals surface area contributed by atoms with Crippen LogP contribution >= 0.6 is 23.2 Å². The van der Waals surface area contributed by atoms with Crippen molar-refractivity contribution < 1.29 is 13.9 Å². The third kappa shape index (κ3) is 3.31. The van der Waals surface area contributed by atoms with Crippen LogP contribution in [0.25, 0.3) is 5.70 Å². The maximum atomic E-state index is 13.8. The van der Waals surface area contributed by atoms with E-state index >= 15 is 0 Å². The van der Waals surface area contributed by atoms with Crippen molar-refractivity contribution in [2.24, 2.45) is 0 Å². The molecule has 1 N–H and O–H groups in total. The van der Waals surface area contributed by atoms with Gasteiger partial charge >= 0.3 is 0 Å². The van der Waals surface area contributed by atoms with E-state index in [2.05, 4.69) is 15.4 Å². The lowest BCUT2D eigenvalue weighted by molar-refractivity contribution is 0.223. The molecular weight excluding hydrogens is 478 g/mol. The molecule has 4 aromatic rings. The standard InChI is InChI=1S/C25H17Cl2FN4O2/c1-33-16-7-9-20-18(11-16)22-21(24(34-20)17-8-4-14(26)10-19(17)27)23(13-2-5-15(28)6-3-13)32-25(31-22)29-12-30-32/h2-12,23-24H,1H3,(H,29,30,31). The second kappa shape index (κ2) is 8.04. The van der Waals surface area contributed by atoms with Crippen LogP contribution in [0, 0.1) is 5.82 Å². The maximum absolute atomic E-state index is 13.8. The number of aromatic nitrogens is 3. The second-order valence-corrected chi connectivity index (χ2v) is 8.81. The van der Waals surface area contributed by atoms with Gasteiger partial charge < -0.3 is 14.8 Å². The van der Waals surface area contributed by atoms with Gasteiger partial charge in [-0.2, -0.15) is 10.1 Å². The van der Waals surface area contributed by atoms with Crippen LogP contribution in [0.5, 0.6) is 11.5 Å². The Hall–Kier alpha value is -3.55. The highest BCUT2D eigenvalue weighted by Crippen LogP contribution is 2.52. The minimum atomic E-state index is -0.569. The molecule has 170 valence electrons. The third-order valence-corrected chi connectivity index (χ3v) is 6.61. The van der Waals surface area contributed by atoms with Gasteiger partial charge in [-0.1, -0.05) is 41.4 Å². The number of nitrogens with zero attached hydrogens (tertiary/aromatic N) is 3. The van der Waals surface area contributed by atoms with Crippen molar-refractivity contribution >= 4 is 34.8 Å². The summed E-state index contributed by atoms with van der Waals surface area (Å²) in [6.45, 7) is 0. The zero-order valence-corrected chi connectivity index (χ0v) is 19.3. The first kappa shape index (κ1) is 21.0. The Labute approximate surface area is 204 Å². The molecule has 0 bridgehead atoms. The lowest BCUT2D eigenvalue weighted by atomic mass is 9.84. The monoisotopic (exact) mass is 494 g/mol. The van der Waals surface area contributed by atoms with Gasteiger partial charge in [0.1, 0.15) is 29.7 Å². The van der Waals surface area contributed by atoms with Crippen LogP contribution < -0.4 is 14.8 Å². The molecule has 0 radical (unpaired) electrons. The van der Waals surface area contributed by atoms with E-state index in [0.29, 0.717) is 27.5 Å². The molecular formula is C25H17Cl2FN4O2. The molecule has 2 atom stereocenters. The molecule has 2 aliphatic rings. The number of hydrogen-bond acceptors (Lipinski definition) is 5. The lowest BCUT2D eigenvalue weighted by Gasteiger charge is -2.39. The van der Waals surface area contributed by atoms with E-state index in [-0.39, 0.29) is 5.82 Å². The number of fused-ring (bicyclic) bond motifs is 3. The Balaban J connectivity index is 1.64. The normalized spacial score (nSPS) is 18.4. The molecule has 0 fully saturated rings. The number of hydrogen-bond donors (Lipinski definition) is 1. The van der Waals surface area contributed by atoms with Crippen molar-refractivity contribution in [3.8, 4) is 11.5 Å². The molecule has 6 nitrogen and oxygen atoms in total. The van der Waals surface area contributed by atoms with Gasteiger partial charge in [-0.25, -0.2) is 9.07 Å². The predicted octanol–water partition coefficient (Wildman–Crippen LogP) is 6.29. The third-order valence-electron chi connectivity index (χ3n) is 6.05. The first-order valence-electron chi connectivity index (χ1n) is 10.5. The highest BCUT2D eigenvalue weighted by molar-refractivity contribution is 6.35. The Bertz CT molecular complexity index is 1450. The van der Waals surface area contributed by atoms with Gasteiger partial charge in [0.25, 0.3) is 0 Å². The number of ether oxygens (including phenoxy) is 2. The predicted molar refractivity (Wildman–Crippen MR) is 128 cm³/mol. The Morgan fingerprint density at radius 3 is 2.65 bits per heavy atom. The van der Waals surface area contributed by atoms with E-state index in [0.717, 1.165) is 28.0 Å². The minimum Gasteiger partial charge on any atom is -0.497 e. The van der Waals surface area contributed by atoms with Gasteiger partial charge in [0.2, 0.25) is 5.95 Å². The zero-order chi connectivity index (χ0) is 23.4. The Morgan fingerprint density at radius 2 is 1.88 bits per heavy atom. The molecule has 3 heterocycles. The van der Waals surface area contributed by atoms with Crippen LogP contribution in [-0.4, -0.2) is 21.9 Å². The summed E-state index contributed by atoms with van der Waals surface area (Å²) >= 11 is 12.8. The molecule has 0 saturated carbocycles. The van der Waals surface area contributed by atoms with Crippen molar-refractivity contribution in [2.45, 2.75) is 12.1 Å². The number of methoxy groups -OCH3 is 1. The molecule has 34 heavy (non-hydrogen) atoms. The topological polar surface area (TPSA) is 61.2 Å². The first-order chi connectivity index (χ1) is 16.5. The molecule has 3 aromatic carbocycles. The van der Waals surface area contributed by atoms with E-state index in [4.69, 9.17) is 32.7 Å². The van der Waals surface area contributed by atoms with Crippen LogP contribution in [0.15, 0.2) is 72.6 Å². The fourth-order valence-electron chi connectivity index (χ4n) is 4.51. The SMILES string of the molecule is COc1ccc2c(c1)C1=C(C(c3ccc(Cl)cc3Cl)O2)C(c2ccc(F)cc2)n2ncnc2N1. The molecule has 1 aromatic heterocycles. The highest BCUT2D eigenvalue weighted by Gasteiger charge is 2.41. The number of halogens is 3. The van der Waals surface area contributed by atoms with Crippen molar-refractivity contribution in [3.05, 3.63) is 105 Å². The number of benzene rings is 3. The summed E-state index contributed by atoms with van der Waals surface area (Å²) in [5.41, 5.74) is 4.06. The van der Waals surface area contributed by atoms with Gasteiger partial charge in [0, 0.05) is 26.7 Å². The van der Waals surface area contributed by atoms with Crippen LogP contribution in [0.1, 0.15) is 28.8 Å². The maximum Gasteiger partial charge on any atom is 0.226 e. The van der Waals surface area contributed by atoms with Crippen molar-refractivity contribution in [2.75, 3.05) is 12.4 Å². The average molecular weight is 495 g/mol. The van der Waals surface area contributed by atoms with Crippen LogP contribution in [0.2, 0.25) is 10.0 Å². The van der Waals surface area contributed by atoms with Crippen molar-refractivity contribution in [1.82, 2.24) is 14.8 Å². The number of rotatable bonds is 3. The molecule has 0 aliphatic carbocycles. The van der Waals surface area contributed by atoms with Gasteiger partial charge in [0.05, 0.1) is 12.8 Å². The van der Waals surface area contributed by atoms with Crippen molar-refractivity contribution in [1.29, 1.82) is 0 Å². The summed E-state index contributed by atoms with van der Waals surface area (Å²) in [6.07, 6.45) is 0.912. The highest BCUT2D eigenvalue weighted by atomic mass is 35.5. The van der Waals surface area contributed by atoms with Gasteiger partial charge in [-0.15, -0.1) is 0 Å². The summed E-state index contributed by atoms with van der Waals surface area (Å²) in [4.78, 5) is 4.40. The quantitative estimate of drug-likeness (QED) is 0.362. The van der Waals surface area contributed by atoms with Crippen LogP contribution in [0.4, 0.5) is 10.3 Å². The van der Waals surface area contributed by atoms with Gasteiger partial charge in [-0.05, 0) is 48.0 Å². The summed E-state index contributed by atoms with van der Waals surface area (Å²) in [5.74, 6) is 1.58. The van der Waals surface area contributed by atoms with Crippen LogP contribution in [0.3, 0.4) is 0 Å². The molecule has 0 amide bonds. The second-order valence-electron chi connectivity index (χ2n) is 7.96.